The quantitative estimate of drug-likeness (QED) is 0.814. The van der Waals surface area contributed by atoms with Crippen molar-refractivity contribution in [1.82, 2.24) is 0 Å². The van der Waals surface area contributed by atoms with Crippen molar-refractivity contribution in [3.63, 3.8) is 0 Å². The predicted octanol–water partition coefficient (Wildman–Crippen LogP) is 2.95. The average Bonchev–Trinajstić information content (AvgIpc) is 2.92. The van der Waals surface area contributed by atoms with Crippen molar-refractivity contribution in [3.8, 4) is 5.75 Å². The molecule has 1 aromatic heterocycles. The Morgan fingerprint density at radius 3 is 2.71 bits per heavy atom. The number of benzene rings is 1. The maximum atomic E-state index is 12.1. The van der Waals surface area contributed by atoms with Gasteiger partial charge in [-0.15, -0.1) is 0 Å². The smallest absolute Gasteiger partial charge is 0.339 e. The summed E-state index contributed by atoms with van der Waals surface area (Å²) in [5, 5.41) is 0.988. The molecule has 0 fully saturated rings. The van der Waals surface area contributed by atoms with Crippen LogP contribution in [-0.2, 0) is 17.6 Å². The molecule has 0 saturated carbocycles. The van der Waals surface area contributed by atoms with Crippen molar-refractivity contribution >= 4 is 16.8 Å². The molecule has 0 bridgehead atoms. The summed E-state index contributed by atoms with van der Waals surface area (Å²) in [4.78, 5) is 23.4. The van der Waals surface area contributed by atoms with E-state index in [1.807, 2.05) is 19.1 Å². The number of hydrogen-bond donors (Lipinski definition) is 0. The number of ketones is 1. The molecule has 4 nitrogen and oxygen atoms in total. The first kappa shape index (κ1) is 13.9. The first-order valence-electron chi connectivity index (χ1n) is 7.24. The second kappa shape index (κ2) is 5.02. The fourth-order valence-electron chi connectivity index (χ4n) is 2.86. The van der Waals surface area contributed by atoms with Gasteiger partial charge in [-0.05, 0) is 57.7 Å². The lowest BCUT2D eigenvalue weighted by Gasteiger charge is -2.15. The Balaban J connectivity index is 2.16. The van der Waals surface area contributed by atoms with E-state index in [2.05, 4.69) is 0 Å². The summed E-state index contributed by atoms with van der Waals surface area (Å²) < 4.78 is 11.2. The molecule has 4 heteroatoms. The van der Waals surface area contributed by atoms with Crippen LogP contribution in [0.2, 0.25) is 0 Å². The minimum absolute atomic E-state index is 0.0371. The molecule has 1 atom stereocenters. The van der Waals surface area contributed by atoms with Crippen LogP contribution in [0.4, 0.5) is 0 Å². The van der Waals surface area contributed by atoms with Crippen LogP contribution in [0, 0.1) is 6.92 Å². The molecule has 110 valence electrons. The zero-order valence-corrected chi connectivity index (χ0v) is 12.5. The largest absolute Gasteiger partial charge is 0.483 e. The van der Waals surface area contributed by atoms with E-state index < -0.39 is 6.10 Å². The van der Waals surface area contributed by atoms with Gasteiger partial charge in [-0.2, -0.15) is 0 Å². The molecule has 0 radical (unpaired) electrons. The van der Waals surface area contributed by atoms with Crippen molar-refractivity contribution in [2.24, 2.45) is 0 Å². The molecular weight excluding hydrogens is 268 g/mol. The third-order valence-electron chi connectivity index (χ3n) is 4.22. The Morgan fingerprint density at radius 1 is 1.29 bits per heavy atom. The number of carbonyl (C=O) groups is 1. The van der Waals surface area contributed by atoms with Crippen LogP contribution >= 0.6 is 0 Å². The van der Waals surface area contributed by atoms with Crippen LogP contribution in [0.15, 0.2) is 21.3 Å². The van der Waals surface area contributed by atoms with Crippen molar-refractivity contribution in [3.05, 3.63) is 39.2 Å². The number of fused-ring (bicyclic) bond motifs is 3. The van der Waals surface area contributed by atoms with Gasteiger partial charge < -0.3 is 9.15 Å². The van der Waals surface area contributed by atoms with Crippen LogP contribution in [0.5, 0.6) is 5.75 Å². The van der Waals surface area contributed by atoms with E-state index in [-0.39, 0.29) is 11.4 Å². The number of Topliss-reactive ketones (excluding diaryl/α,β-unsaturated/α-hetero) is 1. The summed E-state index contributed by atoms with van der Waals surface area (Å²) in [6.45, 7) is 5.06. The molecule has 3 rings (SSSR count). The highest BCUT2D eigenvalue weighted by Crippen LogP contribution is 2.33. The van der Waals surface area contributed by atoms with E-state index in [1.54, 1.807) is 6.92 Å². The Kier molecular flexibility index (Phi) is 3.32. The van der Waals surface area contributed by atoms with E-state index in [1.165, 1.54) is 6.92 Å². The lowest BCUT2D eigenvalue weighted by molar-refractivity contribution is -0.122. The molecule has 0 aliphatic heterocycles. The molecular formula is C17H18O4. The molecule has 2 aromatic rings. The predicted molar refractivity (Wildman–Crippen MR) is 80.0 cm³/mol. The summed E-state index contributed by atoms with van der Waals surface area (Å²) in [5.74, 6) is 0.552. The molecule has 1 heterocycles. The van der Waals surface area contributed by atoms with E-state index in [9.17, 15) is 9.59 Å². The molecule has 1 aliphatic rings. The molecule has 1 aliphatic carbocycles. The molecule has 1 aromatic carbocycles. The van der Waals surface area contributed by atoms with Crippen molar-refractivity contribution in [2.45, 2.75) is 46.1 Å². The van der Waals surface area contributed by atoms with Gasteiger partial charge in [0, 0.05) is 16.5 Å². The second-order valence-electron chi connectivity index (χ2n) is 5.64. The summed E-state index contributed by atoms with van der Waals surface area (Å²) in [5.41, 5.74) is 3.03. The maximum Gasteiger partial charge on any atom is 0.339 e. The zero-order chi connectivity index (χ0) is 15.1. The third-order valence-corrected chi connectivity index (χ3v) is 4.22. The van der Waals surface area contributed by atoms with Gasteiger partial charge in [0.15, 0.2) is 11.9 Å². The summed E-state index contributed by atoms with van der Waals surface area (Å²) in [6, 6.07) is 3.79. The van der Waals surface area contributed by atoms with Crippen molar-refractivity contribution in [1.29, 1.82) is 0 Å². The number of rotatable bonds is 3. The van der Waals surface area contributed by atoms with Crippen LogP contribution in [-0.4, -0.2) is 11.9 Å². The van der Waals surface area contributed by atoms with Gasteiger partial charge in [0.25, 0.3) is 0 Å². The molecule has 21 heavy (non-hydrogen) atoms. The maximum absolute atomic E-state index is 12.1. The highest BCUT2D eigenvalue weighted by Gasteiger charge is 2.22. The number of carbonyl (C=O) groups excluding carboxylic acids is 1. The zero-order valence-electron chi connectivity index (χ0n) is 12.5. The SMILES string of the molecule is CC(=O)C(C)Oc1ccc2c3c(c(=O)oc2c1C)CCC3. The average molecular weight is 286 g/mol. The van der Waals surface area contributed by atoms with Gasteiger partial charge in [0.1, 0.15) is 11.3 Å². The van der Waals surface area contributed by atoms with Gasteiger partial charge in [-0.25, -0.2) is 4.79 Å². The van der Waals surface area contributed by atoms with Crippen LogP contribution < -0.4 is 10.4 Å². The first-order valence-corrected chi connectivity index (χ1v) is 7.24. The van der Waals surface area contributed by atoms with Gasteiger partial charge >= 0.3 is 5.63 Å². The number of ether oxygens (including phenoxy) is 1. The lowest BCUT2D eigenvalue weighted by atomic mass is 10.0. The Labute approximate surface area is 122 Å². The fraction of sp³-hybridized carbons (Fsp3) is 0.412. The molecule has 0 N–H and O–H groups in total. The second-order valence-corrected chi connectivity index (χ2v) is 5.64. The van der Waals surface area contributed by atoms with Gasteiger partial charge in [-0.1, -0.05) is 0 Å². The van der Waals surface area contributed by atoms with Gasteiger partial charge in [0.05, 0.1) is 0 Å². The van der Waals surface area contributed by atoms with Crippen molar-refractivity contribution in [2.75, 3.05) is 0 Å². The topological polar surface area (TPSA) is 56.5 Å². The minimum atomic E-state index is -0.512. The standard InChI is InChI=1S/C17H18O4/c1-9-15(20-11(3)10(2)18)8-7-13-12-5-4-6-14(12)17(19)21-16(9)13/h7-8,11H,4-6H2,1-3H3. The van der Waals surface area contributed by atoms with Crippen LogP contribution in [0.1, 0.15) is 37.0 Å². The number of hydrogen-bond acceptors (Lipinski definition) is 4. The Morgan fingerprint density at radius 2 is 2.00 bits per heavy atom. The Bertz CT molecular complexity index is 785. The highest BCUT2D eigenvalue weighted by molar-refractivity contribution is 5.86. The van der Waals surface area contributed by atoms with Gasteiger partial charge in [0.2, 0.25) is 0 Å². The minimum Gasteiger partial charge on any atom is -0.483 e. The molecule has 0 amide bonds. The van der Waals surface area contributed by atoms with E-state index >= 15 is 0 Å². The van der Waals surface area contributed by atoms with E-state index in [0.29, 0.717) is 11.3 Å². The molecule has 0 spiro atoms. The molecule has 1 unspecified atom stereocenters. The summed E-state index contributed by atoms with van der Waals surface area (Å²) in [6.07, 6.45) is 2.20. The number of aryl methyl sites for hydroxylation is 2. The summed E-state index contributed by atoms with van der Waals surface area (Å²) in [7, 11) is 0. The lowest BCUT2D eigenvalue weighted by Crippen LogP contribution is -2.21. The van der Waals surface area contributed by atoms with Crippen LogP contribution in [0.25, 0.3) is 11.0 Å². The van der Waals surface area contributed by atoms with Gasteiger partial charge in [-0.3, -0.25) is 4.79 Å². The fourth-order valence-corrected chi connectivity index (χ4v) is 2.86. The monoisotopic (exact) mass is 286 g/mol. The first-order chi connectivity index (χ1) is 9.99. The van der Waals surface area contributed by atoms with E-state index in [4.69, 9.17) is 9.15 Å². The summed E-state index contributed by atoms with van der Waals surface area (Å²) >= 11 is 0. The van der Waals surface area contributed by atoms with E-state index in [0.717, 1.165) is 41.3 Å². The normalized spacial score (nSPS) is 15.0. The van der Waals surface area contributed by atoms with Crippen LogP contribution in [0.3, 0.4) is 0 Å². The Hall–Kier alpha value is -2.10. The highest BCUT2D eigenvalue weighted by atomic mass is 16.5. The molecule has 0 saturated heterocycles. The van der Waals surface area contributed by atoms with Crippen molar-refractivity contribution < 1.29 is 13.9 Å². The third kappa shape index (κ3) is 2.24.